The molecular formula is C9H10BrN3O. The molecule has 1 unspecified atom stereocenters. The zero-order valence-electron chi connectivity index (χ0n) is 7.99. The average Bonchev–Trinajstić information content (AvgIpc) is 2.18. The van der Waals surface area contributed by atoms with E-state index in [4.69, 9.17) is 10.00 Å². The summed E-state index contributed by atoms with van der Waals surface area (Å²) in [7, 11) is 0. The zero-order valence-corrected chi connectivity index (χ0v) is 9.58. The molecule has 0 N–H and O–H groups in total. The number of alkyl halides is 1. The molecule has 0 bridgehead atoms. The fourth-order valence-electron chi connectivity index (χ4n) is 0.926. The van der Waals surface area contributed by atoms with Gasteiger partial charge in [-0.15, -0.1) is 5.10 Å². The summed E-state index contributed by atoms with van der Waals surface area (Å²) in [6.07, 6.45) is 0. The predicted molar refractivity (Wildman–Crippen MR) is 55.3 cm³/mol. The van der Waals surface area contributed by atoms with E-state index in [1.807, 2.05) is 19.9 Å². The van der Waals surface area contributed by atoms with Crippen molar-refractivity contribution in [2.75, 3.05) is 6.61 Å². The predicted octanol–water partition coefficient (Wildman–Crippen LogP) is 2.20. The summed E-state index contributed by atoms with van der Waals surface area (Å²) in [5.41, 5.74) is 0.983. The van der Waals surface area contributed by atoms with Gasteiger partial charge in [-0.25, -0.2) is 0 Å². The van der Waals surface area contributed by atoms with Gasteiger partial charge in [0.15, 0.2) is 5.75 Å². The molecule has 1 atom stereocenters. The highest BCUT2D eigenvalue weighted by Crippen LogP contribution is 2.24. The first-order chi connectivity index (χ1) is 6.69. The van der Waals surface area contributed by atoms with Gasteiger partial charge in [-0.2, -0.15) is 10.4 Å². The first kappa shape index (κ1) is 10.9. The molecule has 1 rings (SSSR count). The maximum absolute atomic E-state index is 8.73. The Bertz CT molecular complexity index is 360. The van der Waals surface area contributed by atoms with Crippen molar-refractivity contribution >= 4 is 15.9 Å². The Morgan fingerprint density at radius 2 is 2.36 bits per heavy atom. The van der Waals surface area contributed by atoms with Crippen LogP contribution in [0.25, 0.3) is 0 Å². The lowest BCUT2D eigenvalue weighted by molar-refractivity contribution is 0.336. The summed E-state index contributed by atoms with van der Waals surface area (Å²) in [6, 6.07) is 3.66. The molecule has 1 aromatic heterocycles. The number of ether oxygens (including phenoxy) is 1. The third-order valence-electron chi connectivity index (χ3n) is 1.59. The molecule has 0 radical (unpaired) electrons. The van der Waals surface area contributed by atoms with Crippen molar-refractivity contribution in [1.82, 2.24) is 10.2 Å². The fourth-order valence-corrected chi connectivity index (χ4v) is 1.15. The van der Waals surface area contributed by atoms with Gasteiger partial charge in [0, 0.05) is 6.07 Å². The maximum Gasteiger partial charge on any atom is 0.204 e. The Hall–Kier alpha value is -1.15. The van der Waals surface area contributed by atoms with Crippen LogP contribution in [0.1, 0.15) is 30.1 Å². The van der Waals surface area contributed by atoms with Crippen LogP contribution >= 0.6 is 15.9 Å². The van der Waals surface area contributed by atoms with Gasteiger partial charge in [-0.1, -0.05) is 15.9 Å². The summed E-state index contributed by atoms with van der Waals surface area (Å²) in [6.45, 7) is 4.31. The molecule has 0 aliphatic heterocycles. The number of halogens is 1. The van der Waals surface area contributed by atoms with E-state index < -0.39 is 0 Å². The van der Waals surface area contributed by atoms with Crippen LogP contribution in [0.4, 0.5) is 0 Å². The van der Waals surface area contributed by atoms with Crippen LogP contribution in [-0.2, 0) is 0 Å². The molecule has 0 spiro atoms. The number of nitrogens with zero attached hydrogens (tertiary/aromatic N) is 3. The van der Waals surface area contributed by atoms with Gasteiger partial charge in [0.1, 0.15) is 6.07 Å². The van der Waals surface area contributed by atoms with E-state index in [0.29, 0.717) is 12.4 Å². The van der Waals surface area contributed by atoms with Gasteiger partial charge in [-0.3, -0.25) is 0 Å². The second kappa shape index (κ2) is 4.91. The van der Waals surface area contributed by atoms with Gasteiger partial charge in [-0.05, 0) is 13.8 Å². The average molecular weight is 256 g/mol. The highest BCUT2D eigenvalue weighted by atomic mass is 79.9. The largest absolute Gasteiger partial charge is 0.491 e. The van der Waals surface area contributed by atoms with E-state index in [0.717, 1.165) is 5.69 Å². The molecular weight excluding hydrogens is 246 g/mol. The number of aromatic nitrogens is 2. The molecule has 5 heteroatoms. The molecule has 4 nitrogen and oxygen atoms in total. The molecule has 74 valence electrons. The van der Waals surface area contributed by atoms with Crippen molar-refractivity contribution in [3.63, 3.8) is 0 Å². The molecule has 0 saturated heterocycles. The molecule has 0 amide bonds. The van der Waals surface area contributed by atoms with Crippen molar-refractivity contribution in [3.8, 4) is 11.8 Å². The molecule has 14 heavy (non-hydrogen) atoms. The van der Waals surface area contributed by atoms with Gasteiger partial charge in [0.25, 0.3) is 0 Å². The lowest BCUT2D eigenvalue weighted by atomic mass is 10.3. The first-order valence-corrected chi connectivity index (χ1v) is 5.15. The highest BCUT2D eigenvalue weighted by molar-refractivity contribution is 9.09. The molecule has 0 aromatic carbocycles. The fraction of sp³-hybridized carbons (Fsp3) is 0.444. The minimum atomic E-state index is 0.0990. The highest BCUT2D eigenvalue weighted by Gasteiger charge is 2.10. The Kier molecular flexibility index (Phi) is 3.84. The smallest absolute Gasteiger partial charge is 0.204 e. The number of rotatable bonds is 3. The van der Waals surface area contributed by atoms with Crippen molar-refractivity contribution < 1.29 is 4.74 Å². The van der Waals surface area contributed by atoms with Crippen LogP contribution in [0.3, 0.4) is 0 Å². The van der Waals surface area contributed by atoms with Gasteiger partial charge in [0.2, 0.25) is 5.69 Å². The van der Waals surface area contributed by atoms with Crippen molar-refractivity contribution in [3.05, 3.63) is 17.5 Å². The lowest BCUT2D eigenvalue weighted by Crippen LogP contribution is -2.01. The second-order valence-corrected chi connectivity index (χ2v) is 4.02. The molecule has 1 aromatic rings. The summed E-state index contributed by atoms with van der Waals surface area (Å²) < 4.78 is 5.27. The first-order valence-electron chi connectivity index (χ1n) is 4.23. The van der Waals surface area contributed by atoms with Crippen LogP contribution in [0.15, 0.2) is 6.07 Å². The van der Waals surface area contributed by atoms with Crippen molar-refractivity contribution in [2.45, 2.75) is 18.7 Å². The molecule has 1 heterocycles. The molecule has 0 aliphatic rings. The van der Waals surface area contributed by atoms with Crippen LogP contribution in [0.5, 0.6) is 5.75 Å². The minimum Gasteiger partial charge on any atom is -0.491 e. The van der Waals surface area contributed by atoms with E-state index in [2.05, 4.69) is 26.1 Å². The Labute approximate surface area is 91.0 Å². The number of hydrogen-bond donors (Lipinski definition) is 0. The molecule has 0 saturated carbocycles. The lowest BCUT2D eigenvalue weighted by Gasteiger charge is -2.06. The third kappa shape index (κ3) is 2.42. The van der Waals surface area contributed by atoms with E-state index in [1.54, 1.807) is 6.07 Å². The van der Waals surface area contributed by atoms with Crippen molar-refractivity contribution in [1.29, 1.82) is 5.26 Å². The second-order valence-electron chi connectivity index (χ2n) is 2.64. The Morgan fingerprint density at radius 1 is 1.64 bits per heavy atom. The minimum absolute atomic E-state index is 0.0990. The topological polar surface area (TPSA) is 58.8 Å². The molecule has 0 aliphatic carbocycles. The normalized spacial score (nSPS) is 11.9. The van der Waals surface area contributed by atoms with Crippen LogP contribution in [0, 0.1) is 11.3 Å². The summed E-state index contributed by atoms with van der Waals surface area (Å²) in [4.78, 5) is 0.0990. The molecule has 0 fully saturated rings. The van der Waals surface area contributed by atoms with Gasteiger partial charge in [0.05, 0.1) is 17.1 Å². The summed E-state index contributed by atoms with van der Waals surface area (Å²) in [5, 5.41) is 16.4. The maximum atomic E-state index is 8.73. The van der Waals surface area contributed by atoms with Gasteiger partial charge >= 0.3 is 0 Å². The Morgan fingerprint density at radius 3 is 2.86 bits per heavy atom. The van der Waals surface area contributed by atoms with E-state index >= 15 is 0 Å². The monoisotopic (exact) mass is 255 g/mol. The van der Waals surface area contributed by atoms with Gasteiger partial charge < -0.3 is 4.74 Å². The summed E-state index contributed by atoms with van der Waals surface area (Å²) in [5.74, 6) is 0.492. The van der Waals surface area contributed by atoms with E-state index in [1.165, 1.54) is 0 Å². The van der Waals surface area contributed by atoms with E-state index in [-0.39, 0.29) is 10.5 Å². The number of nitriles is 1. The van der Waals surface area contributed by atoms with E-state index in [9.17, 15) is 0 Å². The van der Waals surface area contributed by atoms with Crippen LogP contribution in [-0.4, -0.2) is 16.8 Å². The third-order valence-corrected chi connectivity index (χ3v) is 2.06. The summed E-state index contributed by atoms with van der Waals surface area (Å²) >= 11 is 3.37. The SMILES string of the molecule is CCOc1cc(C(C)Br)nnc1C#N. The van der Waals surface area contributed by atoms with Crippen LogP contribution < -0.4 is 4.74 Å². The Balaban J connectivity index is 3.09. The van der Waals surface area contributed by atoms with Crippen molar-refractivity contribution in [2.24, 2.45) is 0 Å². The van der Waals surface area contributed by atoms with Crippen LogP contribution in [0.2, 0.25) is 0 Å². The zero-order chi connectivity index (χ0) is 10.6. The number of hydrogen-bond acceptors (Lipinski definition) is 4. The standard InChI is InChI=1S/C9H10BrN3O/c1-3-14-9-4-7(6(2)10)12-13-8(9)5-11/h4,6H,3H2,1-2H3. The quantitative estimate of drug-likeness (QED) is 0.778.